The lowest BCUT2D eigenvalue weighted by atomic mass is 10.2. The summed E-state index contributed by atoms with van der Waals surface area (Å²) in [4.78, 5) is 23.2. The van der Waals surface area contributed by atoms with E-state index in [4.69, 9.17) is 0 Å². The Labute approximate surface area is 145 Å². The van der Waals surface area contributed by atoms with Gasteiger partial charge in [0.1, 0.15) is 23.0 Å². The van der Waals surface area contributed by atoms with Crippen LogP contribution in [0.2, 0.25) is 0 Å². The lowest BCUT2D eigenvalue weighted by Crippen LogP contribution is -2.27. The Morgan fingerprint density at radius 1 is 1.08 bits per heavy atom. The van der Waals surface area contributed by atoms with Gasteiger partial charge < -0.3 is 10.2 Å². The number of hydrogen-bond donors (Lipinski definition) is 1. The summed E-state index contributed by atoms with van der Waals surface area (Å²) in [6, 6.07) is 4.93. The van der Waals surface area contributed by atoms with Crippen molar-refractivity contribution in [3.8, 4) is 0 Å². The highest BCUT2D eigenvalue weighted by Gasteiger charge is 2.18. The first-order valence-electron chi connectivity index (χ1n) is 8.40. The molecule has 1 amide bonds. The van der Waals surface area contributed by atoms with E-state index < -0.39 is 23.2 Å². The van der Waals surface area contributed by atoms with Crippen LogP contribution in [0.5, 0.6) is 0 Å². The fraction of sp³-hybridized carbons (Fsp3) is 0.389. The molecule has 0 radical (unpaired) electrons. The molecule has 0 bridgehead atoms. The highest BCUT2D eigenvalue weighted by molar-refractivity contribution is 6.03. The Morgan fingerprint density at radius 2 is 1.72 bits per heavy atom. The molecule has 132 valence electrons. The fourth-order valence-corrected chi connectivity index (χ4v) is 2.88. The second-order valence-electron chi connectivity index (χ2n) is 6.15. The molecule has 2 aromatic rings. The van der Waals surface area contributed by atoms with Gasteiger partial charge in [0.2, 0.25) is 5.95 Å². The molecule has 3 rings (SSSR count). The van der Waals surface area contributed by atoms with Crippen molar-refractivity contribution in [2.24, 2.45) is 0 Å². The number of aromatic nitrogens is 2. The van der Waals surface area contributed by atoms with Crippen molar-refractivity contribution in [3.05, 3.63) is 47.3 Å². The van der Waals surface area contributed by atoms with Crippen LogP contribution in [0.3, 0.4) is 0 Å². The average Bonchev–Trinajstić information content (AvgIpc) is 2.87. The third-order valence-electron chi connectivity index (χ3n) is 4.17. The van der Waals surface area contributed by atoms with E-state index in [1.807, 2.05) is 0 Å². The van der Waals surface area contributed by atoms with E-state index in [1.165, 1.54) is 25.0 Å². The number of rotatable bonds is 3. The van der Waals surface area contributed by atoms with Crippen molar-refractivity contribution in [1.29, 1.82) is 0 Å². The quantitative estimate of drug-likeness (QED) is 0.921. The van der Waals surface area contributed by atoms with Gasteiger partial charge in [-0.3, -0.25) is 4.79 Å². The third kappa shape index (κ3) is 4.10. The Balaban J connectivity index is 1.85. The maximum absolute atomic E-state index is 13.7. The van der Waals surface area contributed by atoms with Gasteiger partial charge in [-0.25, -0.2) is 18.7 Å². The number of carbonyl (C=O) groups is 1. The first-order valence-corrected chi connectivity index (χ1v) is 8.40. The molecular weight excluding hydrogens is 326 g/mol. The summed E-state index contributed by atoms with van der Waals surface area (Å²) in [6.07, 6.45) is 4.45. The van der Waals surface area contributed by atoms with Gasteiger partial charge in [0.05, 0.1) is 0 Å². The van der Waals surface area contributed by atoms with E-state index in [9.17, 15) is 13.6 Å². The molecule has 2 heterocycles. The molecule has 0 aliphatic carbocycles. The summed E-state index contributed by atoms with van der Waals surface area (Å²) in [5, 5.41) is 2.27. The number of nitrogens with zero attached hydrogens (tertiary/aromatic N) is 3. The van der Waals surface area contributed by atoms with E-state index in [-0.39, 0.29) is 5.69 Å². The minimum atomic E-state index is -0.827. The minimum absolute atomic E-state index is 0.0920. The van der Waals surface area contributed by atoms with Crippen LogP contribution in [0.25, 0.3) is 0 Å². The van der Waals surface area contributed by atoms with E-state index in [2.05, 4.69) is 20.2 Å². The molecular formula is C18H20F2N4O. The monoisotopic (exact) mass is 346 g/mol. The first-order chi connectivity index (χ1) is 12.0. The van der Waals surface area contributed by atoms with Gasteiger partial charge in [-0.05, 0) is 38.0 Å². The summed E-state index contributed by atoms with van der Waals surface area (Å²) >= 11 is 0. The average molecular weight is 346 g/mol. The molecule has 7 heteroatoms. The Bertz CT molecular complexity index is 753. The zero-order valence-electron chi connectivity index (χ0n) is 14.1. The topological polar surface area (TPSA) is 58.1 Å². The molecule has 1 aliphatic rings. The zero-order chi connectivity index (χ0) is 17.8. The SMILES string of the molecule is Cc1cc(C(=O)Nc2c(F)cccc2F)nc(N2CCCCCC2)n1. The van der Waals surface area contributed by atoms with Crippen molar-refractivity contribution in [3.63, 3.8) is 0 Å². The number of aryl methyl sites for hydroxylation is 1. The molecule has 0 spiro atoms. The van der Waals surface area contributed by atoms with Gasteiger partial charge in [0.25, 0.3) is 5.91 Å². The summed E-state index contributed by atoms with van der Waals surface area (Å²) < 4.78 is 27.5. The van der Waals surface area contributed by atoms with E-state index in [1.54, 1.807) is 6.92 Å². The molecule has 1 aromatic carbocycles. The van der Waals surface area contributed by atoms with Crippen LogP contribution < -0.4 is 10.2 Å². The lowest BCUT2D eigenvalue weighted by Gasteiger charge is -2.21. The number of halogens is 2. The fourth-order valence-electron chi connectivity index (χ4n) is 2.88. The molecule has 1 fully saturated rings. The number of nitrogens with one attached hydrogen (secondary N) is 1. The third-order valence-corrected chi connectivity index (χ3v) is 4.17. The molecule has 1 aromatic heterocycles. The second kappa shape index (κ2) is 7.55. The van der Waals surface area contributed by atoms with Gasteiger partial charge in [0.15, 0.2) is 0 Å². The van der Waals surface area contributed by atoms with Gasteiger partial charge in [-0.2, -0.15) is 0 Å². The van der Waals surface area contributed by atoms with Gasteiger partial charge in [-0.1, -0.05) is 18.9 Å². The molecule has 5 nitrogen and oxygen atoms in total. The van der Waals surface area contributed by atoms with Crippen LogP contribution in [0.4, 0.5) is 20.4 Å². The molecule has 0 atom stereocenters. The van der Waals surface area contributed by atoms with Gasteiger partial charge in [0, 0.05) is 18.8 Å². The van der Waals surface area contributed by atoms with Crippen LogP contribution in [-0.2, 0) is 0 Å². The summed E-state index contributed by atoms with van der Waals surface area (Å²) in [5.74, 6) is -1.83. The summed E-state index contributed by atoms with van der Waals surface area (Å²) in [7, 11) is 0. The summed E-state index contributed by atoms with van der Waals surface area (Å²) in [5.41, 5.74) is 0.253. The van der Waals surface area contributed by atoms with E-state index in [0.717, 1.165) is 38.1 Å². The molecule has 1 N–H and O–H groups in total. The molecule has 1 aliphatic heterocycles. The maximum Gasteiger partial charge on any atom is 0.274 e. The zero-order valence-corrected chi connectivity index (χ0v) is 14.1. The largest absolute Gasteiger partial charge is 0.341 e. The molecule has 1 saturated heterocycles. The molecule has 0 unspecified atom stereocenters. The number of anilines is 2. The van der Waals surface area contributed by atoms with Crippen molar-refractivity contribution in [2.45, 2.75) is 32.6 Å². The number of para-hydroxylation sites is 1. The summed E-state index contributed by atoms with van der Waals surface area (Å²) in [6.45, 7) is 3.45. The Hall–Kier alpha value is -2.57. The highest BCUT2D eigenvalue weighted by atomic mass is 19.1. The number of hydrogen-bond acceptors (Lipinski definition) is 4. The molecule has 25 heavy (non-hydrogen) atoms. The Kier molecular flexibility index (Phi) is 5.21. The smallest absolute Gasteiger partial charge is 0.274 e. The number of amides is 1. The maximum atomic E-state index is 13.7. The van der Waals surface area contributed by atoms with Gasteiger partial charge in [-0.15, -0.1) is 0 Å². The van der Waals surface area contributed by atoms with Crippen molar-refractivity contribution in [1.82, 2.24) is 9.97 Å². The predicted octanol–water partition coefficient (Wildman–Crippen LogP) is 3.70. The lowest BCUT2D eigenvalue weighted by molar-refractivity contribution is 0.102. The standard InChI is InChI=1S/C18H20F2N4O/c1-12-11-15(17(25)23-16-13(19)7-6-8-14(16)20)22-18(21-12)24-9-4-2-3-5-10-24/h6-8,11H,2-5,9-10H2,1H3,(H,23,25). The van der Waals surface area contributed by atoms with E-state index in [0.29, 0.717) is 11.6 Å². The van der Waals surface area contributed by atoms with Crippen molar-refractivity contribution >= 4 is 17.5 Å². The first kappa shape index (κ1) is 17.3. The number of benzene rings is 1. The number of carbonyl (C=O) groups excluding carboxylic acids is 1. The van der Waals surface area contributed by atoms with E-state index >= 15 is 0 Å². The highest BCUT2D eigenvalue weighted by Crippen LogP contribution is 2.20. The minimum Gasteiger partial charge on any atom is -0.341 e. The van der Waals surface area contributed by atoms with Crippen LogP contribution in [0.15, 0.2) is 24.3 Å². The Morgan fingerprint density at radius 3 is 2.36 bits per heavy atom. The predicted molar refractivity (Wildman–Crippen MR) is 91.8 cm³/mol. The van der Waals surface area contributed by atoms with Crippen LogP contribution in [-0.4, -0.2) is 29.0 Å². The molecule has 0 saturated carbocycles. The van der Waals surface area contributed by atoms with Crippen molar-refractivity contribution < 1.29 is 13.6 Å². The van der Waals surface area contributed by atoms with Gasteiger partial charge >= 0.3 is 0 Å². The van der Waals surface area contributed by atoms with Crippen molar-refractivity contribution in [2.75, 3.05) is 23.3 Å². The van der Waals surface area contributed by atoms with Crippen LogP contribution in [0, 0.1) is 18.6 Å². The van der Waals surface area contributed by atoms with Crippen LogP contribution in [0.1, 0.15) is 41.9 Å². The second-order valence-corrected chi connectivity index (χ2v) is 6.15. The normalized spacial score (nSPS) is 14.9. The van der Waals surface area contributed by atoms with Crippen LogP contribution >= 0.6 is 0 Å².